The zero-order valence-electron chi connectivity index (χ0n) is 14.4. The number of halogens is 7. The highest BCUT2D eigenvalue weighted by atomic mass is 19.4. The van der Waals surface area contributed by atoms with Gasteiger partial charge < -0.3 is 0 Å². The van der Waals surface area contributed by atoms with Crippen molar-refractivity contribution >= 4 is 11.0 Å². The molecule has 0 bridgehead atoms. The molecule has 2 N–H and O–H groups in total. The highest BCUT2D eigenvalue weighted by Gasteiger charge is 2.35. The van der Waals surface area contributed by atoms with Crippen LogP contribution in [0.4, 0.5) is 30.7 Å². The highest BCUT2D eigenvalue weighted by molar-refractivity contribution is 5.77. The number of aromatic nitrogens is 4. The number of aromatic amines is 2. The number of hydrogen-bond donors (Lipinski definition) is 2. The molecule has 13 heteroatoms. The van der Waals surface area contributed by atoms with Gasteiger partial charge in [0.1, 0.15) is 16.9 Å². The largest absolute Gasteiger partial charge is 0.419 e. The minimum Gasteiger partial charge on any atom is -0.292 e. The van der Waals surface area contributed by atoms with Crippen molar-refractivity contribution in [1.82, 2.24) is 19.7 Å². The van der Waals surface area contributed by atoms with Crippen LogP contribution < -0.4 is 11.2 Å². The monoisotopic (exact) mass is 424 g/mol. The van der Waals surface area contributed by atoms with Crippen LogP contribution in [0.25, 0.3) is 11.0 Å². The Hall–Kier alpha value is -3.12. The number of benzene rings is 1. The molecule has 29 heavy (non-hydrogen) atoms. The van der Waals surface area contributed by atoms with Crippen LogP contribution in [0.15, 0.2) is 27.8 Å². The Morgan fingerprint density at radius 3 is 2.31 bits per heavy atom. The summed E-state index contributed by atoms with van der Waals surface area (Å²) in [7, 11) is 0. The molecule has 0 saturated carbocycles. The van der Waals surface area contributed by atoms with E-state index in [-0.39, 0.29) is 11.2 Å². The van der Waals surface area contributed by atoms with Crippen LogP contribution >= 0.6 is 0 Å². The number of nitrogens with zero attached hydrogens (tertiary/aromatic N) is 2. The predicted molar refractivity (Wildman–Crippen MR) is 85.9 cm³/mol. The van der Waals surface area contributed by atoms with E-state index in [0.29, 0.717) is 12.1 Å². The summed E-state index contributed by atoms with van der Waals surface area (Å²) in [6.45, 7) is 1.31. The minimum absolute atomic E-state index is 0.0698. The SMILES string of the molecule is C[C@H](c1ccc(C(F)(F)F)c(F)c1)n1nc(CC(F)(F)F)c2c(=O)[nH]c(=O)[nH]c21. The molecule has 0 unspecified atom stereocenters. The van der Waals surface area contributed by atoms with Crippen molar-refractivity contribution < 1.29 is 30.7 Å². The maximum absolute atomic E-state index is 13.9. The molecular formula is C16H11F7N4O2. The van der Waals surface area contributed by atoms with Gasteiger partial charge in [0, 0.05) is 0 Å². The summed E-state index contributed by atoms with van der Waals surface area (Å²) in [6, 6.07) is 0.877. The fourth-order valence-electron chi connectivity index (χ4n) is 2.90. The van der Waals surface area contributed by atoms with Gasteiger partial charge in [-0.25, -0.2) is 13.9 Å². The predicted octanol–water partition coefficient (Wildman–Crippen LogP) is 3.28. The average Bonchev–Trinajstić information content (AvgIpc) is 2.89. The van der Waals surface area contributed by atoms with Gasteiger partial charge in [-0.05, 0) is 24.6 Å². The third-order valence-electron chi connectivity index (χ3n) is 4.18. The number of alkyl halides is 6. The molecule has 6 nitrogen and oxygen atoms in total. The molecular weight excluding hydrogens is 413 g/mol. The lowest BCUT2D eigenvalue weighted by Crippen LogP contribution is -2.23. The lowest BCUT2D eigenvalue weighted by molar-refractivity contribution is -0.140. The molecule has 0 aliphatic heterocycles. The summed E-state index contributed by atoms with van der Waals surface area (Å²) in [5.74, 6) is -1.58. The van der Waals surface area contributed by atoms with Crippen molar-refractivity contribution in [2.75, 3.05) is 0 Å². The Labute approximate surface area is 156 Å². The summed E-state index contributed by atoms with van der Waals surface area (Å²) in [5.41, 5.74) is -4.77. The van der Waals surface area contributed by atoms with E-state index in [2.05, 4.69) is 10.1 Å². The molecule has 3 aromatic rings. The van der Waals surface area contributed by atoms with E-state index in [0.717, 1.165) is 10.7 Å². The summed E-state index contributed by atoms with van der Waals surface area (Å²) < 4.78 is 91.4. The molecule has 0 saturated heterocycles. The Bertz CT molecular complexity index is 1190. The summed E-state index contributed by atoms with van der Waals surface area (Å²) in [6.07, 6.45) is -11.2. The van der Waals surface area contributed by atoms with Gasteiger partial charge in [-0.3, -0.25) is 14.8 Å². The van der Waals surface area contributed by atoms with Crippen molar-refractivity contribution in [2.45, 2.75) is 31.7 Å². The second-order valence-electron chi connectivity index (χ2n) is 6.23. The zero-order valence-corrected chi connectivity index (χ0v) is 14.4. The fraction of sp³-hybridized carbons (Fsp3) is 0.312. The Kier molecular flexibility index (Phi) is 4.79. The van der Waals surface area contributed by atoms with E-state index >= 15 is 0 Å². The highest BCUT2D eigenvalue weighted by Crippen LogP contribution is 2.33. The second kappa shape index (κ2) is 6.74. The lowest BCUT2D eigenvalue weighted by atomic mass is 10.1. The van der Waals surface area contributed by atoms with Gasteiger partial charge in [0.25, 0.3) is 5.56 Å². The third-order valence-corrected chi connectivity index (χ3v) is 4.18. The molecule has 1 aromatic carbocycles. The van der Waals surface area contributed by atoms with Crippen LogP contribution in [-0.4, -0.2) is 25.9 Å². The van der Waals surface area contributed by atoms with Gasteiger partial charge in [0.05, 0.1) is 23.7 Å². The first-order chi connectivity index (χ1) is 13.3. The molecule has 0 amide bonds. The molecule has 1 atom stereocenters. The van der Waals surface area contributed by atoms with E-state index in [4.69, 9.17) is 0 Å². The van der Waals surface area contributed by atoms with Crippen molar-refractivity contribution in [3.05, 3.63) is 61.7 Å². The third kappa shape index (κ3) is 4.03. The van der Waals surface area contributed by atoms with Crippen LogP contribution in [0.1, 0.15) is 29.8 Å². The van der Waals surface area contributed by atoms with Gasteiger partial charge >= 0.3 is 18.0 Å². The lowest BCUT2D eigenvalue weighted by Gasteiger charge is -2.16. The molecule has 3 rings (SSSR count). The molecule has 0 aliphatic carbocycles. The summed E-state index contributed by atoms with van der Waals surface area (Å²) in [4.78, 5) is 27.5. The minimum atomic E-state index is -4.93. The molecule has 2 aromatic heterocycles. The molecule has 0 fully saturated rings. The van der Waals surface area contributed by atoms with Crippen molar-refractivity contribution in [3.8, 4) is 0 Å². The number of fused-ring (bicyclic) bond motifs is 1. The van der Waals surface area contributed by atoms with Crippen LogP contribution in [0, 0.1) is 5.82 Å². The van der Waals surface area contributed by atoms with Gasteiger partial charge in [0.15, 0.2) is 0 Å². The standard InChI is InChI=1S/C16H11F7N4O2/c1-6(7-2-3-8(9(17)4-7)16(21,22)23)27-12-11(13(28)25-14(29)24-12)10(26-27)5-15(18,19)20/h2-4,6H,5H2,1H3,(H2,24,25,28,29)/t6-/m1/s1. The van der Waals surface area contributed by atoms with Crippen LogP contribution in [0.5, 0.6) is 0 Å². The molecule has 2 heterocycles. The van der Waals surface area contributed by atoms with Crippen molar-refractivity contribution in [3.63, 3.8) is 0 Å². The molecule has 156 valence electrons. The van der Waals surface area contributed by atoms with Crippen molar-refractivity contribution in [2.24, 2.45) is 0 Å². The molecule has 0 aliphatic rings. The van der Waals surface area contributed by atoms with Gasteiger partial charge in [-0.15, -0.1) is 0 Å². The smallest absolute Gasteiger partial charge is 0.292 e. The van der Waals surface area contributed by atoms with Crippen LogP contribution in [0.2, 0.25) is 0 Å². The number of rotatable bonds is 3. The average molecular weight is 424 g/mol. The number of hydrogen-bond acceptors (Lipinski definition) is 3. The van der Waals surface area contributed by atoms with Crippen molar-refractivity contribution in [1.29, 1.82) is 0 Å². The van der Waals surface area contributed by atoms with Gasteiger partial charge in [-0.2, -0.15) is 31.4 Å². The van der Waals surface area contributed by atoms with Crippen LogP contribution in [0.3, 0.4) is 0 Å². The van der Waals surface area contributed by atoms with Crippen LogP contribution in [-0.2, 0) is 12.6 Å². The van der Waals surface area contributed by atoms with E-state index in [9.17, 15) is 40.3 Å². The molecule has 0 spiro atoms. The van der Waals surface area contributed by atoms with E-state index in [1.807, 2.05) is 0 Å². The first-order valence-electron chi connectivity index (χ1n) is 7.95. The van der Waals surface area contributed by atoms with E-state index in [1.54, 1.807) is 4.98 Å². The summed E-state index contributed by atoms with van der Waals surface area (Å²) >= 11 is 0. The van der Waals surface area contributed by atoms with E-state index in [1.165, 1.54) is 6.92 Å². The Morgan fingerprint density at radius 1 is 1.10 bits per heavy atom. The zero-order chi connectivity index (χ0) is 21.7. The Balaban J connectivity index is 2.18. The first kappa shape index (κ1) is 20.6. The Morgan fingerprint density at radius 2 is 1.76 bits per heavy atom. The second-order valence-corrected chi connectivity index (χ2v) is 6.23. The van der Waals surface area contributed by atoms with Gasteiger partial charge in [0.2, 0.25) is 0 Å². The summed E-state index contributed by atoms with van der Waals surface area (Å²) in [5, 5.41) is 3.19. The normalized spacial score (nSPS) is 13.8. The number of nitrogens with one attached hydrogen (secondary N) is 2. The van der Waals surface area contributed by atoms with E-state index < -0.39 is 58.5 Å². The fourth-order valence-corrected chi connectivity index (χ4v) is 2.90. The first-order valence-corrected chi connectivity index (χ1v) is 7.95. The maximum Gasteiger partial charge on any atom is 0.419 e. The topological polar surface area (TPSA) is 83.5 Å². The van der Waals surface area contributed by atoms with Gasteiger partial charge in [-0.1, -0.05) is 6.07 Å². The number of H-pyrrole nitrogens is 2. The molecule has 0 radical (unpaired) electrons. The maximum atomic E-state index is 13.9. The quantitative estimate of drug-likeness (QED) is 0.633.